The summed E-state index contributed by atoms with van der Waals surface area (Å²) < 4.78 is 9.69. The fraction of sp³-hybridized carbons (Fsp3) is 0.500. The zero-order valence-corrected chi connectivity index (χ0v) is 9.23. The molecule has 0 radical (unpaired) electrons. The lowest BCUT2D eigenvalue weighted by molar-refractivity contribution is 0.0650. The van der Waals surface area contributed by atoms with Crippen LogP contribution in [0.1, 0.15) is 34.4 Å². The molecule has 0 aliphatic carbocycles. The predicted molar refractivity (Wildman–Crippen MR) is 54.8 cm³/mol. The number of hydrogen-bond donors (Lipinski definition) is 2. The van der Waals surface area contributed by atoms with E-state index in [4.69, 9.17) is 9.84 Å². The van der Waals surface area contributed by atoms with Crippen LogP contribution in [0.25, 0.3) is 0 Å². The minimum Gasteiger partial charge on any atom is -0.475 e. The van der Waals surface area contributed by atoms with E-state index in [0.717, 1.165) is 6.07 Å². The van der Waals surface area contributed by atoms with Crippen LogP contribution < -0.4 is 5.32 Å². The van der Waals surface area contributed by atoms with Crippen molar-refractivity contribution in [2.24, 2.45) is 0 Å². The minimum atomic E-state index is -1.26. The van der Waals surface area contributed by atoms with E-state index in [1.807, 2.05) is 6.92 Å². The molecule has 7 nitrogen and oxygen atoms in total. The van der Waals surface area contributed by atoms with Gasteiger partial charge in [0.1, 0.15) is 0 Å². The number of aromatic carboxylic acids is 1. The lowest BCUT2D eigenvalue weighted by atomic mass is 10.0. The van der Waals surface area contributed by atoms with Crippen LogP contribution in [0.2, 0.25) is 0 Å². The summed E-state index contributed by atoms with van der Waals surface area (Å²) in [6.45, 7) is 2.88. The summed E-state index contributed by atoms with van der Waals surface area (Å²) in [5.74, 6) is -2.08. The fourth-order valence-corrected chi connectivity index (χ4v) is 1.59. The van der Waals surface area contributed by atoms with Crippen molar-refractivity contribution in [3.8, 4) is 0 Å². The normalized spacial score (nSPS) is 23.6. The van der Waals surface area contributed by atoms with Gasteiger partial charge in [-0.25, -0.2) is 4.79 Å². The molecule has 0 spiro atoms. The third-order valence-electron chi connectivity index (χ3n) is 2.59. The maximum absolute atomic E-state index is 11.8. The average Bonchev–Trinajstić information content (AvgIpc) is 2.86. The Kier molecular flexibility index (Phi) is 2.84. The Balaban J connectivity index is 2.06. The van der Waals surface area contributed by atoms with Crippen LogP contribution in [0.15, 0.2) is 10.6 Å². The van der Waals surface area contributed by atoms with Crippen molar-refractivity contribution < 1.29 is 24.0 Å². The first kappa shape index (κ1) is 11.6. The molecule has 2 heterocycles. The molecule has 17 heavy (non-hydrogen) atoms. The predicted octanol–water partition coefficient (Wildman–Crippen LogP) is 0.282. The van der Waals surface area contributed by atoms with E-state index in [0.29, 0.717) is 19.6 Å². The number of nitrogens with one attached hydrogen (secondary N) is 1. The zero-order valence-electron chi connectivity index (χ0n) is 9.23. The fourth-order valence-electron chi connectivity index (χ4n) is 1.59. The summed E-state index contributed by atoms with van der Waals surface area (Å²) in [6, 6.07) is 1.09. The molecule has 1 fully saturated rings. The van der Waals surface area contributed by atoms with Gasteiger partial charge in [0.25, 0.3) is 5.91 Å². The van der Waals surface area contributed by atoms with Crippen LogP contribution in [0.5, 0.6) is 0 Å². The summed E-state index contributed by atoms with van der Waals surface area (Å²) in [5, 5.41) is 14.8. The number of ether oxygens (including phenoxy) is 1. The Morgan fingerprint density at radius 1 is 1.59 bits per heavy atom. The molecule has 2 N–H and O–H groups in total. The molecule has 1 aromatic heterocycles. The second-order valence-corrected chi connectivity index (χ2v) is 4.20. The van der Waals surface area contributed by atoms with Crippen molar-refractivity contribution in [3.63, 3.8) is 0 Å². The molecule has 0 aromatic carbocycles. The van der Waals surface area contributed by atoms with Gasteiger partial charge in [-0.2, -0.15) is 0 Å². The van der Waals surface area contributed by atoms with E-state index in [1.165, 1.54) is 0 Å². The van der Waals surface area contributed by atoms with E-state index >= 15 is 0 Å². The van der Waals surface area contributed by atoms with Gasteiger partial charge in [0.15, 0.2) is 5.69 Å². The second-order valence-electron chi connectivity index (χ2n) is 4.20. The van der Waals surface area contributed by atoms with Gasteiger partial charge in [0.05, 0.1) is 12.1 Å². The Morgan fingerprint density at radius 2 is 2.35 bits per heavy atom. The molecule has 1 aliphatic rings. The monoisotopic (exact) mass is 240 g/mol. The van der Waals surface area contributed by atoms with E-state index in [-0.39, 0.29) is 11.5 Å². The van der Waals surface area contributed by atoms with Crippen molar-refractivity contribution in [3.05, 3.63) is 17.5 Å². The molecule has 1 saturated heterocycles. The van der Waals surface area contributed by atoms with Crippen molar-refractivity contribution in [2.75, 3.05) is 13.2 Å². The summed E-state index contributed by atoms with van der Waals surface area (Å²) >= 11 is 0. The summed E-state index contributed by atoms with van der Waals surface area (Å²) in [4.78, 5) is 22.3. The lowest BCUT2D eigenvalue weighted by Gasteiger charge is -2.22. The Hall–Kier alpha value is -1.89. The highest BCUT2D eigenvalue weighted by Gasteiger charge is 2.32. The number of aromatic nitrogens is 1. The number of carboxylic acids is 1. The standard InChI is InChI=1S/C10H12N2O5/c1-10(2-3-16-5-10)11-8(13)6-4-7(9(14)15)17-12-6/h4H,2-3,5H2,1H3,(H,11,13)(H,14,15). The molecule has 2 rings (SSSR count). The zero-order chi connectivity index (χ0) is 12.5. The van der Waals surface area contributed by atoms with E-state index in [1.54, 1.807) is 0 Å². The van der Waals surface area contributed by atoms with Crippen molar-refractivity contribution in [2.45, 2.75) is 18.9 Å². The highest BCUT2D eigenvalue weighted by Crippen LogP contribution is 2.18. The topological polar surface area (TPSA) is 102 Å². The third kappa shape index (κ3) is 2.44. The Morgan fingerprint density at radius 3 is 2.88 bits per heavy atom. The molecule has 92 valence electrons. The van der Waals surface area contributed by atoms with Crippen LogP contribution >= 0.6 is 0 Å². The highest BCUT2D eigenvalue weighted by molar-refractivity contribution is 5.95. The van der Waals surface area contributed by atoms with Crippen LogP contribution in [-0.2, 0) is 4.74 Å². The number of hydrogen-bond acceptors (Lipinski definition) is 5. The van der Waals surface area contributed by atoms with Gasteiger partial charge in [-0.1, -0.05) is 5.16 Å². The summed E-state index contributed by atoms with van der Waals surface area (Å²) in [7, 11) is 0. The number of amides is 1. The Labute approximate surface area is 96.7 Å². The van der Waals surface area contributed by atoms with E-state index in [9.17, 15) is 9.59 Å². The number of carbonyl (C=O) groups is 2. The first-order chi connectivity index (χ1) is 8.00. The van der Waals surface area contributed by atoms with Crippen molar-refractivity contribution in [1.82, 2.24) is 10.5 Å². The number of nitrogens with zero attached hydrogens (tertiary/aromatic N) is 1. The summed E-state index contributed by atoms with van der Waals surface area (Å²) in [6.07, 6.45) is 0.711. The lowest BCUT2D eigenvalue weighted by Crippen LogP contribution is -2.46. The Bertz CT molecular complexity index is 447. The van der Waals surface area contributed by atoms with Crippen molar-refractivity contribution >= 4 is 11.9 Å². The molecule has 1 unspecified atom stereocenters. The van der Waals surface area contributed by atoms with Gasteiger partial charge >= 0.3 is 5.97 Å². The van der Waals surface area contributed by atoms with Crippen molar-refractivity contribution in [1.29, 1.82) is 0 Å². The molecular formula is C10H12N2O5. The van der Waals surface area contributed by atoms with Gasteiger partial charge in [-0.15, -0.1) is 0 Å². The largest absolute Gasteiger partial charge is 0.475 e. The second kappa shape index (κ2) is 4.17. The highest BCUT2D eigenvalue weighted by atomic mass is 16.5. The van der Waals surface area contributed by atoms with Gasteiger partial charge in [0, 0.05) is 12.7 Å². The molecule has 0 saturated carbocycles. The van der Waals surface area contributed by atoms with Gasteiger partial charge in [0.2, 0.25) is 5.76 Å². The first-order valence-electron chi connectivity index (χ1n) is 5.10. The van der Waals surface area contributed by atoms with Crippen LogP contribution in [0.3, 0.4) is 0 Å². The van der Waals surface area contributed by atoms with Gasteiger partial charge < -0.3 is 19.7 Å². The number of carbonyl (C=O) groups excluding carboxylic acids is 1. The number of carboxylic acid groups (broad SMARTS) is 1. The number of rotatable bonds is 3. The molecular weight excluding hydrogens is 228 g/mol. The van der Waals surface area contributed by atoms with Crippen LogP contribution in [0, 0.1) is 0 Å². The summed E-state index contributed by atoms with van der Waals surface area (Å²) in [5.41, 5.74) is -0.477. The quantitative estimate of drug-likeness (QED) is 0.786. The van der Waals surface area contributed by atoms with Gasteiger partial charge in [-0.3, -0.25) is 4.79 Å². The third-order valence-corrected chi connectivity index (χ3v) is 2.59. The molecule has 0 bridgehead atoms. The van der Waals surface area contributed by atoms with Crippen LogP contribution in [-0.4, -0.2) is 40.9 Å². The maximum atomic E-state index is 11.8. The molecule has 1 aromatic rings. The SMILES string of the molecule is CC1(NC(=O)c2cc(C(=O)O)on2)CCOC1. The van der Waals surface area contributed by atoms with Gasteiger partial charge in [-0.05, 0) is 13.3 Å². The maximum Gasteiger partial charge on any atom is 0.374 e. The first-order valence-corrected chi connectivity index (χ1v) is 5.10. The molecule has 7 heteroatoms. The smallest absolute Gasteiger partial charge is 0.374 e. The van der Waals surface area contributed by atoms with E-state index in [2.05, 4.69) is 15.0 Å². The molecule has 1 atom stereocenters. The molecule has 1 aliphatic heterocycles. The molecule has 1 amide bonds. The van der Waals surface area contributed by atoms with Crippen LogP contribution in [0.4, 0.5) is 0 Å². The average molecular weight is 240 g/mol. The minimum absolute atomic E-state index is 0.0458. The van der Waals surface area contributed by atoms with E-state index < -0.39 is 17.4 Å².